The molecular weight excluding hydrogens is 400 g/mol. The molecule has 1 aliphatic carbocycles. The topological polar surface area (TPSA) is 87.6 Å². The summed E-state index contributed by atoms with van der Waals surface area (Å²) < 4.78 is 5.43. The number of H-pyrrole nitrogens is 2. The van der Waals surface area contributed by atoms with Gasteiger partial charge in [0.2, 0.25) is 0 Å². The van der Waals surface area contributed by atoms with Gasteiger partial charge in [0.05, 0.1) is 16.7 Å². The van der Waals surface area contributed by atoms with Crippen LogP contribution in [0, 0.1) is 13.8 Å². The Hall–Kier alpha value is -3.67. The summed E-state index contributed by atoms with van der Waals surface area (Å²) in [6, 6.07) is 12.1. The Labute approximate surface area is 185 Å². The van der Waals surface area contributed by atoms with Gasteiger partial charge in [-0.1, -0.05) is 31.1 Å². The molecule has 32 heavy (non-hydrogen) atoms. The fraction of sp³-hybridized carbons (Fsp3) is 0.269. The van der Waals surface area contributed by atoms with Crippen molar-refractivity contribution in [2.75, 3.05) is 0 Å². The van der Waals surface area contributed by atoms with Crippen LogP contribution in [0.4, 0.5) is 0 Å². The summed E-state index contributed by atoms with van der Waals surface area (Å²) in [5.74, 6) is 2.34. The Morgan fingerprint density at radius 1 is 1.03 bits per heavy atom. The standard InChI is InChI=1S/C24H20N4O2.C2H6/c1-12-21(13(2)30-28-12)15-10-19(22-20(11-15)26-23(27-22)14-6-7-14)16-4-3-5-18-17(16)8-9-25-24(18)29;1-2/h3-5,8-11,14H,6-7H2,1-2H3,(H,25,29)(H,26,27);1-2H3. The van der Waals surface area contributed by atoms with Crippen LogP contribution in [0.25, 0.3) is 44.1 Å². The molecule has 1 saturated carbocycles. The number of pyridine rings is 1. The second kappa shape index (κ2) is 7.79. The number of hydrogen-bond acceptors (Lipinski definition) is 4. The summed E-state index contributed by atoms with van der Waals surface area (Å²) in [5, 5.41) is 5.72. The van der Waals surface area contributed by atoms with Crippen molar-refractivity contribution in [2.24, 2.45) is 0 Å². The van der Waals surface area contributed by atoms with Crippen molar-refractivity contribution < 1.29 is 4.52 Å². The Balaban J connectivity index is 0.00000105. The number of hydrogen-bond donors (Lipinski definition) is 2. The molecule has 6 nitrogen and oxygen atoms in total. The number of nitrogens with zero attached hydrogens (tertiary/aromatic N) is 2. The minimum atomic E-state index is -0.0897. The van der Waals surface area contributed by atoms with E-state index >= 15 is 0 Å². The number of aromatic nitrogens is 4. The zero-order valence-electron chi connectivity index (χ0n) is 18.7. The first-order chi connectivity index (χ1) is 15.6. The highest BCUT2D eigenvalue weighted by Crippen LogP contribution is 2.42. The maximum Gasteiger partial charge on any atom is 0.255 e. The molecule has 0 saturated heterocycles. The molecule has 2 N–H and O–H groups in total. The van der Waals surface area contributed by atoms with Gasteiger partial charge in [-0.3, -0.25) is 4.79 Å². The lowest BCUT2D eigenvalue weighted by Gasteiger charge is -2.10. The van der Waals surface area contributed by atoms with Gasteiger partial charge in [0.15, 0.2) is 0 Å². The second-order valence-electron chi connectivity index (χ2n) is 8.09. The van der Waals surface area contributed by atoms with Crippen LogP contribution in [0.3, 0.4) is 0 Å². The molecule has 0 spiro atoms. The molecule has 2 aromatic carbocycles. The molecule has 1 aliphatic rings. The highest BCUT2D eigenvalue weighted by atomic mass is 16.5. The molecule has 5 aromatic rings. The van der Waals surface area contributed by atoms with Gasteiger partial charge >= 0.3 is 0 Å². The van der Waals surface area contributed by atoms with Crippen LogP contribution in [0.5, 0.6) is 0 Å². The minimum absolute atomic E-state index is 0.0897. The summed E-state index contributed by atoms with van der Waals surface area (Å²) >= 11 is 0. The van der Waals surface area contributed by atoms with Crippen LogP contribution in [-0.2, 0) is 0 Å². The van der Waals surface area contributed by atoms with Crippen LogP contribution in [0.15, 0.2) is 51.9 Å². The molecule has 3 aromatic heterocycles. The van der Waals surface area contributed by atoms with E-state index in [1.807, 2.05) is 45.9 Å². The average molecular weight is 427 g/mol. The lowest BCUT2D eigenvalue weighted by atomic mass is 9.94. The first-order valence-electron chi connectivity index (χ1n) is 11.2. The summed E-state index contributed by atoms with van der Waals surface area (Å²) in [6.45, 7) is 7.88. The van der Waals surface area contributed by atoms with E-state index in [0.717, 1.165) is 56.0 Å². The predicted molar refractivity (Wildman–Crippen MR) is 128 cm³/mol. The van der Waals surface area contributed by atoms with Crippen molar-refractivity contribution in [1.82, 2.24) is 20.1 Å². The molecule has 6 rings (SSSR count). The van der Waals surface area contributed by atoms with Crippen LogP contribution < -0.4 is 5.56 Å². The van der Waals surface area contributed by atoms with Crippen molar-refractivity contribution in [3.63, 3.8) is 0 Å². The largest absolute Gasteiger partial charge is 0.361 e. The normalized spacial score (nSPS) is 13.4. The van der Waals surface area contributed by atoms with E-state index in [2.05, 4.69) is 33.3 Å². The molecule has 162 valence electrons. The van der Waals surface area contributed by atoms with Gasteiger partial charge in [0, 0.05) is 28.6 Å². The van der Waals surface area contributed by atoms with Gasteiger partial charge < -0.3 is 14.5 Å². The molecule has 0 unspecified atom stereocenters. The molecule has 0 aliphatic heterocycles. The minimum Gasteiger partial charge on any atom is -0.361 e. The first kappa shape index (κ1) is 20.2. The molecule has 0 bridgehead atoms. The van der Waals surface area contributed by atoms with Crippen molar-refractivity contribution in [1.29, 1.82) is 0 Å². The number of aromatic amines is 2. The number of nitrogens with one attached hydrogen (secondary N) is 2. The second-order valence-corrected chi connectivity index (χ2v) is 8.09. The highest BCUT2D eigenvalue weighted by molar-refractivity contribution is 6.05. The van der Waals surface area contributed by atoms with Crippen LogP contribution in [-0.4, -0.2) is 20.1 Å². The molecule has 3 heterocycles. The SMILES string of the molecule is CC.Cc1noc(C)c1-c1cc(-c2cccc3c(=O)[nH]ccc23)c2nc(C3CC3)[nH]c2c1. The number of imidazole rings is 1. The van der Waals surface area contributed by atoms with Crippen LogP contribution in [0.1, 0.15) is 49.9 Å². The van der Waals surface area contributed by atoms with Gasteiger partial charge in [-0.2, -0.15) is 0 Å². The maximum atomic E-state index is 12.4. The van der Waals surface area contributed by atoms with Crippen LogP contribution in [0.2, 0.25) is 0 Å². The van der Waals surface area contributed by atoms with E-state index in [1.54, 1.807) is 6.20 Å². The van der Waals surface area contributed by atoms with E-state index in [9.17, 15) is 4.79 Å². The van der Waals surface area contributed by atoms with E-state index in [4.69, 9.17) is 9.51 Å². The Bertz CT molecular complexity index is 1480. The van der Waals surface area contributed by atoms with Gasteiger partial charge in [0.25, 0.3) is 5.56 Å². The van der Waals surface area contributed by atoms with Crippen molar-refractivity contribution in [2.45, 2.75) is 46.5 Å². The van der Waals surface area contributed by atoms with E-state index in [0.29, 0.717) is 11.3 Å². The fourth-order valence-corrected chi connectivity index (χ4v) is 4.39. The first-order valence-corrected chi connectivity index (χ1v) is 11.2. The Morgan fingerprint density at radius 3 is 2.56 bits per heavy atom. The lowest BCUT2D eigenvalue weighted by Crippen LogP contribution is -2.04. The van der Waals surface area contributed by atoms with Gasteiger partial charge in [-0.15, -0.1) is 0 Å². The third-order valence-corrected chi connectivity index (χ3v) is 6.00. The average Bonchev–Trinajstić information content (AvgIpc) is 3.49. The summed E-state index contributed by atoms with van der Waals surface area (Å²) in [7, 11) is 0. The number of fused-ring (bicyclic) bond motifs is 2. The van der Waals surface area contributed by atoms with Crippen molar-refractivity contribution >= 4 is 21.8 Å². The molecule has 6 heteroatoms. The van der Waals surface area contributed by atoms with E-state index in [1.165, 1.54) is 12.8 Å². The molecule has 0 radical (unpaired) electrons. The zero-order chi connectivity index (χ0) is 22.4. The third kappa shape index (κ3) is 3.23. The molecule has 1 fully saturated rings. The fourth-order valence-electron chi connectivity index (χ4n) is 4.39. The highest BCUT2D eigenvalue weighted by Gasteiger charge is 2.28. The summed E-state index contributed by atoms with van der Waals surface area (Å²) in [4.78, 5) is 23.6. The Morgan fingerprint density at radius 2 is 1.84 bits per heavy atom. The van der Waals surface area contributed by atoms with E-state index < -0.39 is 0 Å². The predicted octanol–water partition coefficient (Wildman–Crippen LogP) is 6.25. The van der Waals surface area contributed by atoms with E-state index in [-0.39, 0.29) is 5.56 Å². The zero-order valence-corrected chi connectivity index (χ0v) is 18.7. The number of rotatable bonds is 3. The molecular formula is C26H26N4O2. The Kier molecular flexibility index (Phi) is 4.93. The van der Waals surface area contributed by atoms with Gasteiger partial charge in [-0.05, 0) is 67.5 Å². The smallest absolute Gasteiger partial charge is 0.255 e. The van der Waals surface area contributed by atoms with Gasteiger partial charge in [-0.25, -0.2) is 4.98 Å². The summed E-state index contributed by atoms with van der Waals surface area (Å²) in [6.07, 6.45) is 4.05. The monoisotopic (exact) mass is 426 g/mol. The van der Waals surface area contributed by atoms with Crippen LogP contribution >= 0.6 is 0 Å². The molecule has 0 atom stereocenters. The van der Waals surface area contributed by atoms with Crippen molar-refractivity contribution in [3.8, 4) is 22.3 Å². The third-order valence-electron chi connectivity index (χ3n) is 6.00. The molecule has 0 amide bonds. The lowest BCUT2D eigenvalue weighted by molar-refractivity contribution is 0.393. The maximum absolute atomic E-state index is 12.4. The number of benzene rings is 2. The summed E-state index contributed by atoms with van der Waals surface area (Å²) in [5.41, 5.74) is 6.71. The van der Waals surface area contributed by atoms with Gasteiger partial charge in [0.1, 0.15) is 11.6 Å². The number of aryl methyl sites for hydroxylation is 2. The van der Waals surface area contributed by atoms with Crippen molar-refractivity contribution in [3.05, 3.63) is 70.2 Å². The quantitative estimate of drug-likeness (QED) is 0.357.